The molecule has 1 aromatic rings. The number of rotatable bonds is 2. The summed E-state index contributed by atoms with van der Waals surface area (Å²) in [5.41, 5.74) is 6.29. The Kier molecular flexibility index (Phi) is 3.78. The van der Waals surface area contributed by atoms with Crippen molar-refractivity contribution in [3.8, 4) is 11.8 Å². The third-order valence-corrected chi connectivity index (χ3v) is 3.80. The molecule has 1 aromatic carbocycles. The summed E-state index contributed by atoms with van der Waals surface area (Å²) in [7, 11) is 0. The van der Waals surface area contributed by atoms with Crippen LogP contribution in [0.5, 0.6) is 5.75 Å². The van der Waals surface area contributed by atoms with E-state index in [0.717, 1.165) is 4.47 Å². The van der Waals surface area contributed by atoms with Gasteiger partial charge in [-0.25, -0.2) is 0 Å². The van der Waals surface area contributed by atoms with Crippen molar-refractivity contribution in [2.75, 3.05) is 6.54 Å². The van der Waals surface area contributed by atoms with Crippen LogP contribution in [0.3, 0.4) is 0 Å². The Labute approximate surface area is 125 Å². The molecule has 2 rings (SSSR count). The number of ether oxygens (including phenoxy) is 1. The molecule has 6 nitrogen and oxygen atoms in total. The van der Waals surface area contributed by atoms with Crippen molar-refractivity contribution in [2.45, 2.75) is 5.92 Å². The standard InChI is InChI=1S/C11H7Br2N3O3/c12-5-1-8(13)10-7(4-16(17)18)6(3-14)11(15)19-9(10)2-5/h1-2,7H,4,15H2. The van der Waals surface area contributed by atoms with Crippen LogP contribution in [0.2, 0.25) is 0 Å². The SMILES string of the molecule is N#CC1=C(N)Oc2cc(Br)cc(Br)c2C1C[N+](=O)[O-]. The first-order valence-electron chi connectivity index (χ1n) is 5.12. The second-order valence-corrected chi connectivity index (χ2v) is 5.63. The van der Waals surface area contributed by atoms with E-state index in [1.165, 1.54) is 0 Å². The van der Waals surface area contributed by atoms with Crippen LogP contribution >= 0.6 is 31.9 Å². The number of fused-ring (bicyclic) bond motifs is 1. The number of nitrogens with zero attached hydrogens (tertiary/aromatic N) is 2. The molecule has 1 unspecified atom stereocenters. The summed E-state index contributed by atoms with van der Waals surface area (Å²) in [6, 6.07) is 5.29. The molecule has 1 aliphatic rings. The summed E-state index contributed by atoms with van der Waals surface area (Å²) in [5.74, 6) is -0.400. The van der Waals surface area contributed by atoms with Crippen molar-refractivity contribution in [3.63, 3.8) is 0 Å². The lowest BCUT2D eigenvalue weighted by Gasteiger charge is -2.24. The lowest BCUT2D eigenvalue weighted by Crippen LogP contribution is -2.25. The second-order valence-electron chi connectivity index (χ2n) is 3.86. The van der Waals surface area contributed by atoms with Crippen molar-refractivity contribution in [2.24, 2.45) is 5.73 Å². The molecule has 8 heteroatoms. The molecule has 0 spiro atoms. The summed E-state index contributed by atoms with van der Waals surface area (Å²) < 4.78 is 6.73. The smallest absolute Gasteiger partial charge is 0.215 e. The molecule has 1 aliphatic heterocycles. The van der Waals surface area contributed by atoms with Gasteiger partial charge in [-0.1, -0.05) is 31.9 Å². The number of halogens is 2. The van der Waals surface area contributed by atoms with Crippen LogP contribution in [0.1, 0.15) is 11.5 Å². The number of nitriles is 1. The maximum atomic E-state index is 10.8. The second kappa shape index (κ2) is 5.19. The first-order valence-corrected chi connectivity index (χ1v) is 6.71. The molecular formula is C11H7Br2N3O3. The highest BCUT2D eigenvalue weighted by atomic mass is 79.9. The lowest BCUT2D eigenvalue weighted by atomic mass is 9.89. The van der Waals surface area contributed by atoms with Crippen molar-refractivity contribution in [1.82, 2.24) is 0 Å². The number of hydrogen-bond acceptors (Lipinski definition) is 5. The normalized spacial score (nSPS) is 17.4. The molecule has 1 heterocycles. The van der Waals surface area contributed by atoms with Gasteiger partial charge in [0.15, 0.2) is 0 Å². The first-order chi connectivity index (χ1) is 8.93. The maximum Gasteiger partial charge on any atom is 0.215 e. The van der Waals surface area contributed by atoms with Crippen molar-refractivity contribution in [3.05, 3.63) is 48.2 Å². The van der Waals surface area contributed by atoms with Gasteiger partial charge in [-0.3, -0.25) is 10.1 Å². The topological polar surface area (TPSA) is 102 Å². The van der Waals surface area contributed by atoms with Crippen LogP contribution in [0, 0.1) is 21.4 Å². The van der Waals surface area contributed by atoms with Crippen LogP contribution in [0.25, 0.3) is 0 Å². The molecule has 98 valence electrons. The molecule has 0 bridgehead atoms. The van der Waals surface area contributed by atoms with Crippen LogP contribution in [-0.2, 0) is 0 Å². The van der Waals surface area contributed by atoms with Crippen LogP contribution in [0.4, 0.5) is 0 Å². The zero-order valence-electron chi connectivity index (χ0n) is 9.39. The molecule has 0 aliphatic carbocycles. The molecule has 0 saturated heterocycles. The zero-order chi connectivity index (χ0) is 14.2. The Morgan fingerprint density at radius 1 is 1.53 bits per heavy atom. The number of nitrogens with two attached hydrogens (primary N) is 1. The third kappa shape index (κ3) is 2.57. The van der Waals surface area contributed by atoms with Crippen LogP contribution in [-0.4, -0.2) is 11.5 Å². The van der Waals surface area contributed by atoms with E-state index in [-0.39, 0.29) is 11.5 Å². The number of benzene rings is 1. The Morgan fingerprint density at radius 2 is 2.21 bits per heavy atom. The fourth-order valence-corrected chi connectivity index (χ4v) is 3.40. The number of hydrogen-bond donors (Lipinski definition) is 1. The highest BCUT2D eigenvalue weighted by Crippen LogP contribution is 2.43. The van der Waals surface area contributed by atoms with E-state index in [1.807, 2.05) is 6.07 Å². The minimum Gasteiger partial charge on any atom is -0.440 e. The van der Waals surface area contributed by atoms with Gasteiger partial charge in [0.25, 0.3) is 0 Å². The monoisotopic (exact) mass is 387 g/mol. The minimum absolute atomic E-state index is 0.0761. The predicted octanol–water partition coefficient (Wildman–Crippen LogP) is 2.66. The first kappa shape index (κ1) is 13.8. The molecule has 0 aromatic heterocycles. The van der Waals surface area contributed by atoms with Gasteiger partial charge in [-0.15, -0.1) is 0 Å². The Hall–Kier alpha value is -1.59. The molecule has 0 radical (unpaired) electrons. The quantitative estimate of drug-likeness (QED) is 0.619. The van der Waals surface area contributed by atoms with Gasteiger partial charge in [0.2, 0.25) is 12.4 Å². The Morgan fingerprint density at radius 3 is 2.79 bits per heavy atom. The largest absolute Gasteiger partial charge is 0.440 e. The Balaban J connectivity index is 2.63. The Bertz CT molecular complexity index is 637. The minimum atomic E-state index is -0.716. The van der Waals surface area contributed by atoms with Gasteiger partial charge in [0.1, 0.15) is 17.4 Å². The van der Waals surface area contributed by atoms with E-state index in [4.69, 9.17) is 15.7 Å². The highest BCUT2D eigenvalue weighted by Gasteiger charge is 2.34. The predicted molar refractivity (Wildman–Crippen MR) is 73.9 cm³/mol. The van der Waals surface area contributed by atoms with E-state index in [2.05, 4.69) is 31.9 Å². The highest BCUT2D eigenvalue weighted by molar-refractivity contribution is 9.11. The maximum absolute atomic E-state index is 10.8. The van der Waals surface area contributed by atoms with Gasteiger partial charge >= 0.3 is 0 Å². The van der Waals surface area contributed by atoms with E-state index in [1.54, 1.807) is 12.1 Å². The molecule has 0 fully saturated rings. The zero-order valence-corrected chi connectivity index (χ0v) is 12.6. The summed E-state index contributed by atoms with van der Waals surface area (Å²) in [4.78, 5) is 10.3. The summed E-state index contributed by atoms with van der Waals surface area (Å²) in [6.07, 6.45) is 0. The number of nitro groups is 1. The van der Waals surface area contributed by atoms with E-state index < -0.39 is 17.4 Å². The summed E-state index contributed by atoms with van der Waals surface area (Å²) >= 11 is 6.63. The molecule has 2 N–H and O–H groups in total. The van der Waals surface area contributed by atoms with E-state index in [0.29, 0.717) is 15.8 Å². The fourth-order valence-electron chi connectivity index (χ4n) is 1.94. The molecule has 19 heavy (non-hydrogen) atoms. The van der Waals surface area contributed by atoms with Gasteiger partial charge in [0, 0.05) is 19.4 Å². The van der Waals surface area contributed by atoms with Gasteiger partial charge < -0.3 is 10.5 Å². The lowest BCUT2D eigenvalue weighted by molar-refractivity contribution is -0.482. The van der Waals surface area contributed by atoms with Gasteiger partial charge in [-0.05, 0) is 12.1 Å². The van der Waals surface area contributed by atoms with Crippen molar-refractivity contribution in [1.29, 1.82) is 5.26 Å². The van der Waals surface area contributed by atoms with Crippen LogP contribution in [0.15, 0.2) is 32.5 Å². The van der Waals surface area contributed by atoms with Gasteiger partial charge in [-0.2, -0.15) is 5.26 Å². The summed E-state index contributed by atoms with van der Waals surface area (Å²) in [5, 5.41) is 19.9. The summed E-state index contributed by atoms with van der Waals surface area (Å²) in [6.45, 7) is -0.416. The third-order valence-electron chi connectivity index (χ3n) is 2.69. The van der Waals surface area contributed by atoms with Gasteiger partial charge in [0.05, 0.1) is 5.92 Å². The van der Waals surface area contributed by atoms with Crippen molar-refractivity contribution >= 4 is 31.9 Å². The van der Waals surface area contributed by atoms with Crippen LogP contribution < -0.4 is 10.5 Å². The average Bonchev–Trinajstić information content (AvgIpc) is 2.26. The van der Waals surface area contributed by atoms with E-state index >= 15 is 0 Å². The fraction of sp³-hybridized carbons (Fsp3) is 0.182. The van der Waals surface area contributed by atoms with E-state index in [9.17, 15) is 10.1 Å². The molecule has 1 atom stereocenters. The molecule has 0 amide bonds. The average molecular weight is 389 g/mol. The molecular weight excluding hydrogens is 382 g/mol. The van der Waals surface area contributed by atoms with Crippen molar-refractivity contribution < 1.29 is 9.66 Å². The molecule has 0 saturated carbocycles.